The first kappa shape index (κ1) is 20.2. The van der Waals surface area contributed by atoms with Crippen LogP contribution in [0.15, 0.2) is 30.3 Å². The molecule has 1 atom stereocenters. The SMILES string of the molecule is COc1ccc(/C=C/C(=O)NCCC[N+](C)(C)CC(O)CO)cc1. The van der Waals surface area contributed by atoms with E-state index in [0.29, 0.717) is 17.6 Å². The fourth-order valence-electron chi connectivity index (χ4n) is 2.38. The zero-order valence-electron chi connectivity index (χ0n) is 14.7. The van der Waals surface area contributed by atoms with Gasteiger partial charge < -0.3 is 24.7 Å². The molecule has 6 heteroatoms. The summed E-state index contributed by atoms with van der Waals surface area (Å²) >= 11 is 0. The number of nitrogens with zero attached hydrogens (tertiary/aromatic N) is 1. The molecule has 1 aromatic carbocycles. The van der Waals surface area contributed by atoms with E-state index in [2.05, 4.69) is 5.32 Å². The van der Waals surface area contributed by atoms with Crippen molar-refractivity contribution >= 4 is 12.0 Å². The van der Waals surface area contributed by atoms with Crippen molar-refractivity contribution in [2.75, 3.05) is 47.4 Å². The second-order valence-corrected chi connectivity index (χ2v) is 6.43. The molecule has 0 radical (unpaired) electrons. The van der Waals surface area contributed by atoms with Crippen molar-refractivity contribution in [3.63, 3.8) is 0 Å². The molecule has 0 bridgehead atoms. The van der Waals surface area contributed by atoms with Crippen LogP contribution in [0.2, 0.25) is 0 Å². The average Bonchev–Trinajstić information content (AvgIpc) is 2.56. The predicted octanol–water partition coefficient (Wildman–Crippen LogP) is 0.644. The zero-order chi connectivity index (χ0) is 18.0. The number of methoxy groups -OCH3 is 1. The molecule has 0 aliphatic rings. The van der Waals surface area contributed by atoms with Gasteiger partial charge in [-0.1, -0.05) is 12.1 Å². The molecule has 3 N–H and O–H groups in total. The van der Waals surface area contributed by atoms with Crippen LogP contribution in [0.25, 0.3) is 6.08 Å². The highest BCUT2D eigenvalue weighted by molar-refractivity contribution is 5.91. The third-order valence-corrected chi connectivity index (χ3v) is 3.70. The molecule has 0 aliphatic heterocycles. The fourth-order valence-corrected chi connectivity index (χ4v) is 2.38. The quantitative estimate of drug-likeness (QED) is 0.333. The van der Waals surface area contributed by atoms with Crippen LogP contribution in [0.3, 0.4) is 0 Å². The van der Waals surface area contributed by atoms with Crippen LogP contribution < -0.4 is 10.1 Å². The Balaban J connectivity index is 2.29. The summed E-state index contributed by atoms with van der Waals surface area (Å²) in [5, 5.41) is 21.2. The molecule has 0 saturated carbocycles. The summed E-state index contributed by atoms with van der Waals surface area (Å²) in [5.74, 6) is 0.648. The highest BCUT2D eigenvalue weighted by atomic mass is 16.5. The second kappa shape index (κ2) is 10.1. The van der Waals surface area contributed by atoms with Crippen LogP contribution in [0, 0.1) is 0 Å². The standard InChI is InChI=1S/C18H28N2O4/c1-20(2,13-16(22)14-21)12-4-11-19-18(23)10-7-15-5-8-17(24-3)9-6-15/h5-10,16,21-22H,4,11-14H2,1-3H3/p+1/b10-7+. The number of hydrogen-bond donors (Lipinski definition) is 3. The van der Waals surface area contributed by atoms with Gasteiger partial charge in [-0.05, 0) is 23.8 Å². The van der Waals surface area contributed by atoms with Gasteiger partial charge in [0.2, 0.25) is 5.91 Å². The van der Waals surface area contributed by atoms with Gasteiger partial charge in [0.25, 0.3) is 0 Å². The van der Waals surface area contributed by atoms with Crippen LogP contribution in [0.4, 0.5) is 0 Å². The molecular weight excluding hydrogens is 308 g/mol. The Labute approximate surface area is 144 Å². The van der Waals surface area contributed by atoms with Crippen LogP contribution in [0.1, 0.15) is 12.0 Å². The van der Waals surface area contributed by atoms with E-state index in [1.54, 1.807) is 13.2 Å². The lowest BCUT2D eigenvalue weighted by atomic mass is 10.2. The van der Waals surface area contributed by atoms with Gasteiger partial charge in [-0.15, -0.1) is 0 Å². The second-order valence-electron chi connectivity index (χ2n) is 6.43. The Morgan fingerprint density at radius 3 is 2.58 bits per heavy atom. The van der Waals surface area contributed by atoms with Crippen molar-refractivity contribution < 1.29 is 24.2 Å². The number of aliphatic hydroxyl groups excluding tert-OH is 2. The minimum absolute atomic E-state index is 0.133. The van der Waals surface area contributed by atoms with E-state index in [0.717, 1.165) is 24.3 Å². The first-order chi connectivity index (χ1) is 11.4. The number of likely N-dealkylation sites (N-methyl/N-ethyl adjacent to an activating group) is 1. The van der Waals surface area contributed by atoms with Gasteiger partial charge in [0.05, 0.1) is 34.4 Å². The smallest absolute Gasteiger partial charge is 0.244 e. The molecule has 24 heavy (non-hydrogen) atoms. The number of hydrogen-bond acceptors (Lipinski definition) is 4. The molecule has 0 spiro atoms. The van der Waals surface area contributed by atoms with Crippen molar-refractivity contribution in [3.8, 4) is 5.75 Å². The van der Waals surface area contributed by atoms with Crippen LogP contribution in [0.5, 0.6) is 5.75 Å². The van der Waals surface area contributed by atoms with E-state index in [4.69, 9.17) is 9.84 Å². The molecule has 1 unspecified atom stereocenters. The first-order valence-electron chi connectivity index (χ1n) is 8.07. The molecule has 1 rings (SSSR count). The van der Waals surface area contributed by atoms with Crippen molar-refractivity contribution in [1.82, 2.24) is 5.32 Å². The highest BCUT2D eigenvalue weighted by Crippen LogP contribution is 2.12. The van der Waals surface area contributed by atoms with Gasteiger partial charge in [0.1, 0.15) is 18.4 Å². The van der Waals surface area contributed by atoms with E-state index in [-0.39, 0.29) is 12.5 Å². The van der Waals surface area contributed by atoms with Gasteiger partial charge in [-0.25, -0.2) is 0 Å². The maximum atomic E-state index is 11.8. The highest BCUT2D eigenvalue weighted by Gasteiger charge is 2.19. The van der Waals surface area contributed by atoms with E-state index in [1.165, 1.54) is 6.08 Å². The summed E-state index contributed by atoms with van der Waals surface area (Å²) in [4.78, 5) is 11.8. The molecule has 0 aliphatic carbocycles. The summed E-state index contributed by atoms with van der Waals surface area (Å²) < 4.78 is 5.68. The summed E-state index contributed by atoms with van der Waals surface area (Å²) in [7, 11) is 5.59. The van der Waals surface area contributed by atoms with E-state index < -0.39 is 6.10 Å². The number of rotatable bonds is 10. The molecule has 6 nitrogen and oxygen atoms in total. The van der Waals surface area contributed by atoms with Gasteiger partial charge in [0, 0.05) is 19.0 Å². The topological polar surface area (TPSA) is 78.8 Å². The van der Waals surface area contributed by atoms with Gasteiger partial charge in [-0.2, -0.15) is 0 Å². The van der Waals surface area contributed by atoms with Crippen molar-refractivity contribution in [1.29, 1.82) is 0 Å². The summed E-state index contributed by atoms with van der Waals surface area (Å²) in [6.45, 7) is 1.64. The van der Waals surface area contributed by atoms with E-state index >= 15 is 0 Å². The number of aliphatic hydroxyl groups is 2. The lowest BCUT2D eigenvalue weighted by Crippen LogP contribution is -2.47. The Morgan fingerprint density at radius 2 is 2.00 bits per heavy atom. The molecule has 0 heterocycles. The van der Waals surface area contributed by atoms with Crippen molar-refractivity contribution in [2.24, 2.45) is 0 Å². The number of amides is 1. The monoisotopic (exact) mass is 337 g/mol. The summed E-state index contributed by atoms with van der Waals surface area (Å²) in [5.41, 5.74) is 0.932. The molecule has 134 valence electrons. The summed E-state index contributed by atoms with van der Waals surface area (Å²) in [6, 6.07) is 7.46. The first-order valence-corrected chi connectivity index (χ1v) is 8.07. The molecule has 1 aromatic rings. The Morgan fingerprint density at radius 1 is 1.33 bits per heavy atom. The maximum Gasteiger partial charge on any atom is 0.244 e. The number of carbonyl (C=O) groups is 1. The number of benzene rings is 1. The normalized spacial score (nSPS) is 13.0. The zero-order valence-corrected chi connectivity index (χ0v) is 14.7. The lowest BCUT2D eigenvalue weighted by molar-refractivity contribution is -0.893. The Kier molecular flexibility index (Phi) is 8.46. The third kappa shape index (κ3) is 8.10. The van der Waals surface area contributed by atoms with Crippen molar-refractivity contribution in [2.45, 2.75) is 12.5 Å². The number of ether oxygens (including phenoxy) is 1. The molecule has 0 saturated heterocycles. The third-order valence-electron chi connectivity index (χ3n) is 3.70. The minimum atomic E-state index is -0.706. The Hall–Kier alpha value is -1.89. The van der Waals surface area contributed by atoms with Crippen LogP contribution in [-0.2, 0) is 4.79 Å². The van der Waals surface area contributed by atoms with E-state index in [1.807, 2.05) is 38.4 Å². The lowest BCUT2D eigenvalue weighted by Gasteiger charge is -2.31. The molecule has 1 amide bonds. The summed E-state index contributed by atoms with van der Waals surface area (Å²) in [6.07, 6.45) is 3.36. The number of quaternary nitrogens is 1. The predicted molar refractivity (Wildman–Crippen MR) is 94.6 cm³/mol. The van der Waals surface area contributed by atoms with Gasteiger partial charge in [0.15, 0.2) is 0 Å². The van der Waals surface area contributed by atoms with Crippen molar-refractivity contribution in [3.05, 3.63) is 35.9 Å². The van der Waals surface area contributed by atoms with Crippen LogP contribution >= 0.6 is 0 Å². The number of carbonyl (C=O) groups excluding carboxylic acids is 1. The molecular formula is C18H29N2O4+. The van der Waals surface area contributed by atoms with Gasteiger partial charge in [-0.3, -0.25) is 4.79 Å². The largest absolute Gasteiger partial charge is 0.497 e. The molecule has 0 fully saturated rings. The average molecular weight is 337 g/mol. The molecule has 0 aromatic heterocycles. The fraction of sp³-hybridized carbons (Fsp3) is 0.500. The minimum Gasteiger partial charge on any atom is -0.497 e. The van der Waals surface area contributed by atoms with Crippen LogP contribution in [-0.4, -0.2) is 74.2 Å². The van der Waals surface area contributed by atoms with Gasteiger partial charge >= 0.3 is 0 Å². The number of nitrogens with one attached hydrogen (secondary N) is 1. The Bertz CT molecular complexity index is 526. The van der Waals surface area contributed by atoms with E-state index in [9.17, 15) is 9.90 Å². The maximum absolute atomic E-state index is 11.8.